The normalized spacial score (nSPS) is 31.3. The second-order valence-electron chi connectivity index (χ2n) is 6.23. The highest BCUT2D eigenvalue weighted by atomic mass is 15.1. The number of piperidine rings is 1. The number of hydrogen-bond donors (Lipinski definition) is 0. The first-order valence-electron chi connectivity index (χ1n) is 6.52. The lowest BCUT2D eigenvalue weighted by molar-refractivity contribution is 0.205. The maximum atomic E-state index is 2.64. The predicted octanol–water partition coefficient (Wildman–Crippen LogP) is 3.81. The quantitative estimate of drug-likeness (QED) is 0.632. The van der Waals surface area contributed by atoms with Crippen LogP contribution in [0.25, 0.3) is 0 Å². The molecule has 0 amide bonds. The third kappa shape index (κ3) is 2.76. The van der Waals surface area contributed by atoms with Gasteiger partial charge in [-0.1, -0.05) is 26.8 Å². The summed E-state index contributed by atoms with van der Waals surface area (Å²) >= 11 is 0. The van der Waals surface area contributed by atoms with Crippen LogP contribution in [-0.2, 0) is 0 Å². The van der Waals surface area contributed by atoms with Crippen molar-refractivity contribution < 1.29 is 0 Å². The molecule has 1 atom stereocenters. The molecule has 2 aliphatic rings. The lowest BCUT2D eigenvalue weighted by Gasteiger charge is -2.40. The lowest BCUT2D eigenvalue weighted by atomic mass is 9.75. The largest absolute Gasteiger partial charge is 0.375 e. The molecule has 1 heteroatoms. The van der Waals surface area contributed by atoms with E-state index < -0.39 is 0 Å². The smallest absolute Gasteiger partial charge is 0.0174 e. The van der Waals surface area contributed by atoms with Crippen molar-refractivity contribution >= 4 is 0 Å². The van der Waals surface area contributed by atoms with Gasteiger partial charge in [-0.25, -0.2) is 0 Å². The van der Waals surface area contributed by atoms with Crippen molar-refractivity contribution in [1.29, 1.82) is 0 Å². The van der Waals surface area contributed by atoms with Crippen LogP contribution >= 0.6 is 0 Å². The van der Waals surface area contributed by atoms with E-state index in [4.69, 9.17) is 0 Å². The molecule has 0 spiro atoms. The molecule has 86 valence electrons. The van der Waals surface area contributed by atoms with Gasteiger partial charge in [-0.3, -0.25) is 0 Å². The summed E-state index contributed by atoms with van der Waals surface area (Å²) in [5.41, 5.74) is 2.15. The summed E-state index contributed by atoms with van der Waals surface area (Å²) in [5, 5.41) is 0. The fourth-order valence-corrected chi connectivity index (χ4v) is 3.28. The van der Waals surface area contributed by atoms with E-state index in [0.29, 0.717) is 5.41 Å². The summed E-state index contributed by atoms with van der Waals surface area (Å²) in [5.74, 6) is 0.769. The van der Waals surface area contributed by atoms with E-state index in [1.54, 1.807) is 5.70 Å². The van der Waals surface area contributed by atoms with Gasteiger partial charge in [0.15, 0.2) is 0 Å². The predicted molar refractivity (Wildman–Crippen MR) is 65.7 cm³/mol. The van der Waals surface area contributed by atoms with E-state index in [1.807, 2.05) is 0 Å². The Kier molecular flexibility index (Phi) is 3.08. The highest BCUT2D eigenvalue weighted by molar-refractivity contribution is 5.11. The van der Waals surface area contributed by atoms with E-state index in [-0.39, 0.29) is 0 Å². The highest BCUT2D eigenvalue weighted by Crippen LogP contribution is 2.39. The number of likely N-dealkylation sites (tertiary alicyclic amines) is 1. The Morgan fingerprint density at radius 2 is 1.87 bits per heavy atom. The molecule has 15 heavy (non-hydrogen) atoms. The average molecular weight is 207 g/mol. The second-order valence-corrected chi connectivity index (χ2v) is 6.23. The molecule has 1 heterocycles. The molecule has 1 aliphatic heterocycles. The third-order valence-electron chi connectivity index (χ3n) is 3.77. The summed E-state index contributed by atoms with van der Waals surface area (Å²) < 4.78 is 0. The van der Waals surface area contributed by atoms with Gasteiger partial charge < -0.3 is 4.90 Å². The Morgan fingerprint density at radius 1 is 1.20 bits per heavy atom. The first-order valence-corrected chi connectivity index (χ1v) is 6.52. The van der Waals surface area contributed by atoms with Gasteiger partial charge in [0.2, 0.25) is 0 Å². The zero-order valence-electron chi connectivity index (χ0n) is 10.6. The zero-order valence-corrected chi connectivity index (χ0v) is 10.6. The molecule has 1 fully saturated rings. The molecular formula is C14H25N. The summed E-state index contributed by atoms with van der Waals surface area (Å²) in [6, 6.07) is 0. The van der Waals surface area contributed by atoms with Gasteiger partial charge in [0.25, 0.3) is 0 Å². The maximum Gasteiger partial charge on any atom is 0.0174 e. The van der Waals surface area contributed by atoms with E-state index in [1.165, 1.54) is 45.2 Å². The van der Waals surface area contributed by atoms with Crippen molar-refractivity contribution in [3.63, 3.8) is 0 Å². The third-order valence-corrected chi connectivity index (χ3v) is 3.77. The maximum absolute atomic E-state index is 2.64. The van der Waals surface area contributed by atoms with Crippen molar-refractivity contribution in [3.05, 3.63) is 11.8 Å². The minimum atomic E-state index is 0.515. The van der Waals surface area contributed by atoms with Crippen LogP contribution in [0.15, 0.2) is 11.8 Å². The van der Waals surface area contributed by atoms with Gasteiger partial charge in [-0.15, -0.1) is 0 Å². The van der Waals surface area contributed by atoms with Crippen LogP contribution in [0.4, 0.5) is 0 Å². The van der Waals surface area contributed by atoms with Crippen molar-refractivity contribution in [3.8, 4) is 0 Å². The molecule has 0 saturated carbocycles. The van der Waals surface area contributed by atoms with Gasteiger partial charge in [0.1, 0.15) is 0 Å². The van der Waals surface area contributed by atoms with Crippen LogP contribution < -0.4 is 0 Å². The molecular weight excluding hydrogens is 182 g/mol. The number of allylic oxidation sites excluding steroid dienone is 2. The molecule has 0 aromatic rings. The summed E-state index contributed by atoms with van der Waals surface area (Å²) in [4.78, 5) is 2.64. The fraction of sp³-hybridized carbons (Fsp3) is 0.857. The number of rotatable bonds is 1. The SMILES string of the molecule is CC1C=C(N2CCCCC2)CC(C)(C)C1. The number of hydrogen-bond acceptors (Lipinski definition) is 1. The molecule has 1 unspecified atom stereocenters. The lowest BCUT2D eigenvalue weighted by Crippen LogP contribution is -2.34. The fourth-order valence-electron chi connectivity index (χ4n) is 3.28. The minimum Gasteiger partial charge on any atom is -0.375 e. The molecule has 0 radical (unpaired) electrons. The van der Waals surface area contributed by atoms with Crippen LogP contribution in [0.2, 0.25) is 0 Å². The molecule has 0 N–H and O–H groups in total. The van der Waals surface area contributed by atoms with Crippen LogP contribution in [0.5, 0.6) is 0 Å². The molecule has 0 aromatic heterocycles. The minimum absolute atomic E-state index is 0.515. The monoisotopic (exact) mass is 207 g/mol. The second kappa shape index (κ2) is 4.19. The topological polar surface area (TPSA) is 3.24 Å². The first kappa shape index (κ1) is 11.0. The van der Waals surface area contributed by atoms with Crippen LogP contribution in [-0.4, -0.2) is 18.0 Å². The first-order chi connectivity index (χ1) is 7.07. The molecule has 0 aromatic carbocycles. The molecule has 1 saturated heterocycles. The van der Waals surface area contributed by atoms with E-state index in [0.717, 1.165) is 5.92 Å². The van der Waals surface area contributed by atoms with Gasteiger partial charge in [0, 0.05) is 18.8 Å². The van der Waals surface area contributed by atoms with E-state index >= 15 is 0 Å². The summed E-state index contributed by atoms with van der Waals surface area (Å²) in [6.07, 6.45) is 9.39. The van der Waals surface area contributed by atoms with Crippen LogP contribution in [0.1, 0.15) is 52.9 Å². The Labute approximate surface area is 94.5 Å². The van der Waals surface area contributed by atoms with Crippen molar-refractivity contribution in [2.75, 3.05) is 13.1 Å². The molecule has 2 rings (SSSR count). The molecule has 0 bridgehead atoms. The highest BCUT2D eigenvalue weighted by Gasteiger charge is 2.29. The van der Waals surface area contributed by atoms with Crippen molar-refractivity contribution in [2.24, 2.45) is 11.3 Å². The Bertz CT molecular complexity index is 246. The van der Waals surface area contributed by atoms with Crippen molar-refractivity contribution in [2.45, 2.75) is 52.9 Å². The number of nitrogens with zero attached hydrogens (tertiary/aromatic N) is 1. The van der Waals surface area contributed by atoms with Crippen LogP contribution in [0.3, 0.4) is 0 Å². The Hall–Kier alpha value is -0.460. The average Bonchev–Trinajstić information content (AvgIpc) is 2.16. The van der Waals surface area contributed by atoms with Gasteiger partial charge in [0.05, 0.1) is 0 Å². The van der Waals surface area contributed by atoms with Gasteiger partial charge in [-0.05, 0) is 43.4 Å². The van der Waals surface area contributed by atoms with Gasteiger partial charge >= 0.3 is 0 Å². The van der Waals surface area contributed by atoms with Crippen LogP contribution in [0, 0.1) is 11.3 Å². The Balaban J connectivity index is 2.07. The van der Waals surface area contributed by atoms with E-state index in [2.05, 4.69) is 31.7 Å². The molecule has 1 nitrogen and oxygen atoms in total. The van der Waals surface area contributed by atoms with Crippen molar-refractivity contribution in [1.82, 2.24) is 4.90 Å². The zero-order chi connectivity index (χ0) is 10.9. The Morgan fingerprint density at radius 3 is 2.47 bits per heavy atom. The summed E-state index contributed by atoms with van der Waals surface area (Å²) in [7, 11) is 0. The van der Waals surface area contributed by atoms with Gasteiger partial charge in [-0.2, -0.15) is 0 Å². The molecule has 1 aliphatic carbocycles. The van der Waals surface area contributed by atoms with E-state index in [9.17, 15) is 0 Å². The standard InChI is InChI=1S/C14H25N/c1-12-9-13(11-14(2,3)10-12)15-7-5-4-6-8-15/h9,12H,4-8,10-11H2,1-3H3. The summed E-state index contributed by atoms with van der Waals surface area (Å²) in [6.45, 7) is 9.80.